The van der Waals surface area contributed by atoms with Crippen molar-refractivity contribution in [2.45, 2.75) is 19.6 Å². The number of anilines is 1. The zero-order valence-corrected chi connectivity index (χ0v) is 16.6. The van der Waals surface area contributed by atoms with Gasteiger partial charge in [0.15, 0.2) is 0 Å². The number of nitrogens with one attached hydrogen (secondary N) is 2. The predicted molar refractivity (Wildman–Crippen MR) is 115 cm³/mol. The Morgan fingerprint density at radius 1 is 1.00 bits per heavy atom. The molecule has 0 saturated carbocycles. The van der Waals surface area contributed by atoms with E-state index in [0.717, 1.165) is 22.5 Å². The fourth-order valence-corrected chi connectivity index (χ4v) is 4.29. The number of benzene rings is 3. The molecular formula is C23H19ClN4O. The third kappa shape index (κ3) is 3.04. The molecule has 1 amide bonds. The zero-order chi connectivity index (χ0) is 20.0. The Labute approximate surface area is 173 Å². The highest BCUT2D eigenvalue weighted by Gasteiger charge is 2.29. The van der Waals surface area contributed by atoms with Gasteiger partial charge in [-0.3, -0.25) is 4.79 Å². The molecule has 5 rings (SSSR count). The Balaban J connectivity index is 1.51. The lowest BCUT2D eigenvalue weighted by Gasteiger charge is -2.27. The van der Waals surface area contributed by atoms with Crippen molar-refractivity contribution < 1.29 is 4.79 Å². The number of fused-ring (bicyclic) bond motifs is 2. The number of hydrogen-bond acceptors (Lipinski definition) is 3. The van der Waals surface area contributed by atoms with E-state index in [0.29, 0.717) is 17.3 Å². The molecule has 2 heterocycles. The monoisotopic (exact) mass is 402 g/mol. The van der Waals surface area contributed by atoms with Crippen LogP contribution in [0.4, 0.5) is 5.69 Å². The standard InChI is InChI=1S/C23H19ClN4O/c1-14-20(22-25-19-12-5-4-11-18(19)23(29)26-22)21(24)28(27-14)13-16-9-6-8-15-7-2-3-10-17(15)16/h2-12,22,25H,13H2,1H3,(H,26,29)/t22-/m0/s1. The Hall–Kier alpha value is -3.31. The summed E-state index contributed by atoms with van der Waals surface area (Å²) >= 11 is 6.75. The number of aryl methyl sites for hydroxylation is 1. The first-order valence-corrected chi connectivity index (χ1v) is 9.85. The molecule has 0 radical (unpaired) electrons. The molecule has 1 aromatic heterocycles. The average molecular weight is 403 g/mol. The first-order valence-electron chi connectivity index (χ1n) is 9.47. The summed E-state index contributed by atoms with van der Waals surface area (Å²) in [7, 11) is 0. The van der Waals surface area contributed by atoms with Gasteiger partial charge in [-0.15, -0.1) is 0 Å². The molecule has 0 saturated heterocycles. The number of para-hydroxylation sites is 1. The summed E-state index contributed by atoms with van der Waals surface area (Å²) in [4.78, 5) is 12.5. The molecule has 6 heteroatoms. The van der Waals surface area contributed by atoms with Crippen LogP contribution in [-0.4, -0.2) is 15.7 Å². The lowest BCUT2D eigenvalue weighted by atomic mass is 10.0. The molecule has 1 aliphatic heterocycles. The second-order valence-electron chi connectivity index (χ2n) is 7.18. The van der Waals surface area contributed by atoms with E-state index in [2.05, 4.69) is 40.0 Å². The third-order valence-electron chi connectivity index (χ3n) is 5.35. The molecule has 0 aliphatic carbocycles. The number of aromatic nitrogens is 2. The van der Waals surface area contributed by atoms with E-state index in [1.165, 1.54) is 10.8 Å². The summed E-state index contributed by atoms with van der Waals surface area (Å²) in [5, 5.41) is 13.9. The van der Waals surface area contributed by atoms with Crippen LogP contribution in [0.5, 0.6) is 0 Å². The van der Waals surface area contributed by atoms with E-state index in [-0.39, 0.29) is 5.91 Å². The van der Waals surface area contributed by atoms with E-state index in [1.54, 1.807) is 10.7 Å². The summed E-state index contributed by atoms with van der Waals surface area (Å²) in [6, 6.07) is 21.9. The van der Waals surface area contributed by atoms with Crippen LogP contribution in [0.2, 0.25) is 5.15 Å². The number of amides is 1. The lowest BCUT2D eigenvalue weighted by Crippen LogP contribution is -2.38. The summed E-state index contributed by atoms with van der Waals surface area (Å²) in [5.74, 6) is -0.123. The van der Waals surface area contributed by atoms with Crippen LogP contribution >= 0.6 is 11.6 Å². The largest absolute Gasteiger partial charge is 0.361 e. The van der Waals surface area contributed by atoms with Crippen molar-refractivity contribution in [3.05, 3.63) is 94.3 Å². The van der Waals surface area contributed by atoms with Crippen molar-refractivity contribution in [2.24, 2.45) is 0 Å². The Morgan fingerprint density at radius 2 is 1.76 bits per heavy atom. The Morgan fingerprint density at radius 3 is 2.66 bits per heavy atom. The van der Waals surface area contributed by atoms with Crippen molar-refractivity contribution in [3.63, 3.8) is 0 Å². The molecule has 2 N–H and O–H groups in total. The Bertz CT molecular complexity index is 1240. The summed E-state index contributed by atoms with van der Waals surface area (Å²) < 4.78 is 1.79. The minimum atomic E-state index is -0.425. The van der Waals surface area contributed by atoms with Crippen LogP contribution in [0, 0.1) is 6.92 Å². The fourth-order valence-electron chi connectivity index (χ4n) is 3.94. The molecular weight excluding hydrogens is 384 g/mol. The molecule has 0 fully saturated rings. The van der Waals surface area contributed by atoms with E-state index in [4.69, 9.17) is 11.6 Å². The maximum Gasteiger partial charge on any atom is 0.255 e. The van der Waals surface area contributed by atoms with Gasteiger partial charge in [0.2, 0.25) is 0 Å². The van der Waals surface area contributed by atoms with Gasteiger partial charge in [0.05, 0.1) is 23.4 Å². The van der Waals surface area contributed by atoms with E-state index >= 15 is 0 Å². The molecule has 4 aromatic rings. The molecule has 3 aromatic carbocycles. The number of carbonyl (C=O) groups is 1. The smallest absolute Gasteiger partial charge is 0.255 e. The second kappa shape index (κ2) is 6.94. The van der Waals surface area contributed by atoms with Gasteiger partial charge in [0, 0.05) is 5.69 Å². The number of hydrogen-bond donors (Lipinski definition) is 2. The number of halogens is 1. The predicted octanol–water partition coefficient (Wildman–Crippen LogP) is 4.90. The highest BCUT2D eigenvalue weighted by Crippen LogP contribution is 2.32. The minimum Gasteiger partial charge on any atom is -0.361 e. The van der Waals surface area contributed by atoms with Crippen LogP contribution in [0.25, 0.3) is 10.8 Å². The molecule has 1 atom stereocenters. The van der Waals surface area contributed by atoms with Gasteiger partial charge in [0.25, 0.3) is 5.91 Å². The second-order valence-corrected chi connectivity index (χ2v) is 7.54. The molecule has 0 bridgehead atoms. The third-order valence-corrected chi connectivity index (χ3v) is 5.74. The molecule has 5 nitrogen and oxygen atoms in total. The molecule has 0 spiro atoms. The molecule has 0 unspecified atom stereocenters. The number of rotatable bonds is 3. The topological polar surface area (TPSA) is 59.0 Å². The maximum absolute atomic E-state index is 12.5. The summed E-state index contributed by atoms with van der Waals surface area (Å²) in [5.41, 5.74) is 4.13. The van der Waals surface area contributed by atoms with Crippen molar-refractivity contribution in [3.8, 4) is 0 Å². The van der Waals surface area contributed by atoms with Crippen LogP contribution in [0.1, 0.15) is 33.3 Å². The minimum absolute atomic E-state index is 0.123. The van der Waals surface area contributed by atoms with Gasteiger partial charge in [-0.05, 0) is 35.4 Å². The van der Waals surface area contributed by atoms with Crippen LogP contribution in [0.15, 0.2) is 66.7 Å². The van der Waals surface area contributed by atoms with Gasteiger partial charge in [-0.2, -0.15) is 5.10 Å². The van der Waals surface area contributed by atoms with Crippen molar-refractivity contribution in [1.82, 2.24) is 15.1 Å². The van der Waals surface area contributed by atoms with Gasteiger partial charge in [-0.1, -0.05) is 66.2 Å². The summed E-state index contributed by atoms with van der Waals surface area (Å²) in [6.45, 7) is 2.47. The highest BCUT2D eigenvalue weighted by molar-refractivity contribution is 6.30. The van der Waals surface area contributed by atoms with Gasteiger partial charge < -0.3 is 10.6 Å². The van der Waals surface area contributed by atoms with E-state index in [9.17, 15) is 4.79 Å². The fraction of sp³-hybridized carbons (Fsp3) is 0.130. The zero-order valence-electron chi connectivity index (χ0n) is 15.8. The van der Waals surface area contributed by atoms with Crippen molar-refractivity contribution in [2.75, 3.05) is 5.32 Å². The first kappa shape index (κ1) is 17.8. The first-order chi connectivity index (χ1) is 14.1. The lowest BCUT2D eigenvalue weighted by molar-refractivity contribution is 0.0935. The highest BCUT2D eigenvalue weighted by atomic mass is 35.5. The van der Waals surface area contributed by atoms with E-state index < -0.39 is 6.17 Å². The molecule has 144 valence electrons. The summed E-state index contributed by atoms with van der Waals surface area (Å²) in [6.07, 6.45) is -0.425. The van der Waals surface area contributed by atoms with Gasteiger partial charge in [-0.25, -0.2) is 4.68 Å². The SMILES string of the molecule is Cc1nn(Cc2cccc3ccccc23)c(Cl)c1[C@@H]1NC(=O)c2ccccc2N1. The van der Waals surface area contributed by atoms with E-state index in [1.807, 2.05) is 43.3 Å². The van der Waals surface area contributed by atoms with Gasteiger partial charge >= 0.3 is 0 Å². The average Bonchev–Trinajstić information content (AvgIpc) is 3.01. The van der Waals surface area contributed by atoms with Gasteiger partial charge in [0.1, 0.15) is 11.3 Å². The molecule has 29 heavy (non-hydrogen) atoms. The normalized spacial score (nSPS) is 15.7. The number of carbonyl (C=O) groups excluding carboxylic acids is 1. The van der Waals surface area contributed by atoms with Crippen LogP contribution < -0.4 is 10.6 Å². The Kier molecular flexibility index (Phi) is 4.25. The van der Waals surface area contributed by atoms with Crippen LogP contribution in [0.3, 0.4) is 0 Å². The maximum atomic E-state index is 12.5. The quantitative estimate of drug-likeness (QED) is 0.512. The number of nitrogens with zero attached hydrogens (tertiary/aromatic N) is 2. The molecule has 1 aliphatic rings. The van der Waals surface area contributed by atoms with Crippen LogP contribution in [-0.2, 0) is 6.54 Å². The van der Waals surface area contributed by atoms with Crippen molar-refractivity contribution >= 4 is 34.0 Å². The van der Waals surface area contributed by atoms with Crippen molar-refractivity contribution in [1.29, 1.82) is 0 Å².